The van der Waals surface area contributed by atoms with Crippen LogP contribution < -0.4 is 10.6 Å². The first kappa shape index (κ1) is 15.3. The zero-order valence-corrected chi connectivity index (χ0v) is 12.1. The van der Waals surface area contributed by atoms with E-state index >= 15 is 0 Å². The maximum Gasteiger partial charge on any atom is 0.253 e. The Hall–Kier alpha value is -2.14. The molecule has 1 unspecified atom stereocenters. The molecule has 0 aromatic heterocycles. The molecule has 1 heterocycles. The van der Waals surface area contributed by atoms with Gasteiger partial charge in [0.25, 0.3) is 5.91 Å². The van der Waals surface area contributed by atoms with E-state index in [0.717, 1.165) is 17.7 Å². The number of rotatable bonds is 6. The standard InChI is InChI=1S/C16H20N2O3/c1-3-4-9-21-11(2)16(20)17-13-6-7-14-12(10-13)5-8-15(19)18-14/h3,6-7,10-11H,1,4-5,8-9H2,2H3,(H,17,20)(H,18,19). The van der Waals surface area contributed by atoms with Crippen LogP contribution in [0.4, 0.5) is 11.4 Å². The van der Waals surface area contributed by atoms with Gasteiger partial charge in [-0.05, 0) is 43.5 Å². The fourth-order valence-electron chi connectivity index (χ4n) is 2.11. The monoisotopic (exact) mass is 288 g/mol. The first-order chi connectivity index (χ1) is 10.1. The Labute approximate surface area is 124 Å². The number of anilines is 2. The Morgan fingerprint density at radius 3 is 3.10 bits per heavy atom. The van der Waals surface area contributed by atoms with Gasteiger partial charge in [0.2, 0.25) is 5.91 Å². The van der Waals surface area contributed by atoms with Crippen LogP contribution in [0.3, 0.4) is 0 Å². The molecular weight excluding hydrogens is 268 g/mol. The summed E-state index contributed by atoms with van der Waals surface area (Å²) in [7, 11) is 0. The summed E-state index contributed by atoms with van der Waals surface area (Å²) in [6.45, 7) is 5.81. The van der Waals surface area contributed by atoms with E-state index in [1.54, 1.807) is 19.1 Å². The van der Waals surface area contributed by atoms with Crippen molar-refractivity contribution >= 4 is 23.2 Å². The van der Waals surface area contributed by atoms with Crippen molar-refractivity contribution in [3.63, 3.8) is 0 Å². The van der Waals surface area contributed by atoms with Crippen LogP contribution in [0.25, 0.3) is 0 Å². The van der Waals surface area contributed by atoms with Gasteiger partial charge in [-0.15, -0.1) is 6.58 Å². The molecule has 21 heavy (non-hydrogen) atoms. The number of benzene rings is 1. The van der Waals surface area contributed by atoms with E-state index in [-0.39, 0.29) is 11.8 Å². The summed E-state index contributed by atoms with van der Waals surface area (Å²) in [6, 6.07) is 5.48. The molecule has 1 atom stereocenters. The van der Waals surface area contributed by atoms with Gasteiger partial charge in [0.05, 0.1) is 6.61 Å². The van der Waals surface area contributed by atoms with Gasteiger partial charge in [-0.3, -0.25) is 9.59 Å². The van der Waals surface area contributed by atoms with Crippen LogP contribution in [-0.4, -0.2) is 24.5 Å². The molecule has 0 saturated heterocycles. The van der Waals surface area contributed by atoms with Crippen LogP contribution in [-0.2, 0) is 20.7 Å². The van der Waals surface area contributed by atoms with Gasteiger partial charge in [0.15, 0.2) is 0 Å². The number of hydrogen-bond donors (Lipinski definition) is 2. The summed E-state index contributed by atoms with van der Waals surface area (Å²) in [4.78, 5) is 23.3. The lowest BCUT2D eigenvalue weighted by Gasteiger charge is -2.18. The number of carbonyl (C=O) groups excluding carboxylic acids is 2. The molecule has 2 N–H and O–H groups in total. The maximum atomic E-state index is 12.0. The lowest BCUT2D eigenvalue weighted by Crippen LogP contribution is -2.28. The zero-order chi connectivity index (χ0) is 15.2. The fraction of sp³-hybridized carbons (Fsp3) is 0.375. The summed E-state index contributed by atoms with van der Waals surface area (Å²) in [5, 5.41) is 5.64. The molecule has 1 aromatic carbocycles. The number of amides is 2. The van der Waals surface area contributed by atoms with E-state index in [1.807, 2.05) is 12.1 Å². The van der Waals surface area contributed by atoms with Gasteiger partial charge in [0.1, 0.15) is 6.10 Å². The van der Waals surface area contributed by atoms with Gasteiger partial charge in [0, 0.05) is 17.8 Å². The summed E-state index contributed by atoms with van der Waals surface area (Å²) >= 11 is 0. The van der Waals surface area contributed by atoms with Crippen LogP contribution in [0.15, 0.2) is 30.9 Å². The molecule has 2 rings (SSSR count). The molecule has 2 amide bonds. The summed E-state index contributed by atoms with van der Waals surface area (Å²) in [5.41, 5.74) is 2.57. The largest absolute Gasteiger partial charge is 0.368 e. The van der Waals surface area contributed by atoms with Gasteiger partial charge in [-0.25, -0.2) is 0 Å². The molecule has 0 aliphatic carbocycles. The van der Waals surface area contributed by atoms with Gasteiger partial charge >= 0.3 is 0 Å². The molecule has 1 aromatic rings. The van der Waals surface area contributed by atoms with Crippen LogP contribution in [0.5, 0.6) is 0 Å². The van der Waals surface area contributed by atoms with Crippen molar-refractivity contribution in [3.8, 4) is 0 Å². The third-order valence-corrected chi connectivity index (χ3v) is 3.33. The van der Waals surface area contributed by atoms with Crippen molar-refractivity contribution in [2.75, 3.05) is 17.2 Å². The molecule has 0 saturated carbocycles. The highest BCUT2D eigenvalue weighted by Crippen LogP contribution is 2.25. The van der Waals surface area contributed by atoms with Crippen molar-refractivity contribution < 1.29 is 14.3 Å². The quantitative estimate of drug-likeness (QED) is 0.624. The second-order valence-electron chi connectivity index (χ2n) is 5.00. The molecule has 1 aliphatic heterocycles. The van der Waals surface area contributed by atoms with Crippen molar-refractivity contribution in [2.24, 2.45) is 0 Å². The second kappa shape index (κ2) is 7.04. The number of nitrogens with one attached hydrogen (secondary N) is 2. The van der Waals surface area contributed by atoms with Gasteiger partial charge < -0.3 is 15.4 Å². The lowest BCUT2D eigenvalue weighted by molar-refractivity contribution is -0.126. The molecular formula is C16H20N2O3. The number of hydrogen-bond acceptors (Lipinski definition) is 3. The fourth-order valence-corrected chi connectivity index (χ4v) is 2.11. The van der Waals surface area contributed by atoms with E-state index in [9.17, 15) is 9.59 Å². The zero-order valence-electron chi connectivity index (χ0n) is 12.1. The molecule has 112 valence electrons. The second-order valence-corrected chi connectivity index (χ2v) is 5.00. The van der Waals surface area contributed by atoms with Crippen molar-refractivity contribution in [1.29, 1.82) is 0 Å². The predicted octanol–water partition coefficient (Wildman–Crippen LogP) is 2.49. The molecule has 1 aliphatic rings. The lowest BCUT2D eigenvalue weighted by atomic mass is 10.0. The Bertz CT molecular complexity index is 554. The maximum absolute atomic E-state index is 12.0. The molecule has 0 radical (unpaired) electrons. The molecule has 0 fully saturated rings. The molecule has 0 bridgehead atoms. The molecule has 0 spiro atoms. The Morgan fingerprint density at radius 2 is 2.33 bits per heavy atom. The van der Waals surface area contributed by atoms with Crippen molar-refractivity contribution in [1.82, 2.24) is 0 Å². The minimum Gasteiger partial charge on any atom is -0.368 e. The van der Waals surface area contributed by atoms with Crippen LogP contribution in [0.1, 0.15) is 25.3 Å². The van der Waals surface area contributed by atoms with E-state index < -0.39 is 6.10 Å². The highest BCUT2D eigenvalue weighted by molar-refractivity contribution is 5.96. The molecule has 5 heteroatoms. The van der Waals surface area contributed by atoms with E-state index in [4.69, 9.17) is 4.74 Å². The minimum atomic E-state index is -0.513. The summed E-state index contributed by atoms with van der Waals surface area (Å²) in [5.74, 6) is -0.151. The molecule has 5 nitrogen and oxygen atoms in total. The predicted molar refractivity (Wildman–Crippen MR) is 82.3 cm³/mol. The Morgan fingerprint density at radius 1 is 1.52 bits per heavy atom. The third-order valence-electron chi connectivity index (χ3n) is 3.33. The normalized spacial score (nSPS) is 14.8. The average Bonchev–Trinajstić information content (AvgIpc) is 2.47. The van der Waals surface area contributed by atoms with E-state index in [1.165, 1.54) is 0 Å². The first-order valence-electron chi connectivity index (χ1n) is 7.06. The number of carbonyl (C=O) groups is 2. The summed E-state index contributed by atoms with van der Waals surface area (Å²) in [6.07, 6.45) is 3.13. The van der Waals surface area contributed by atoms with E-state index in [2.05, 4.69) is 17.2 Å². The number of fused-ring (bicyclic) bond motifs is 1. The SMILES string of the molecule is C=CCCOC(C)C(=O)Nc1ccc2c(c1)CCC(=O)N2. The highest BCUT2D eigenvalue weighted by atomic mass is 16.5. The highest BCUT2D eigenvalue weighted by Gasteiger charge is 2.17. The summed E-state index contributed by atoms with van der Waals surface area (Å²) < 4.78 is 5.40. The van der Waals surface area contributed by atoms with Crippen LogP contribution in [0, 0.1) is 0 Å². The topological polar surface area (TPSA) is 67.4 Å². The van der Waals surface area contributed by atoms with Crippen LogP contribution >= 0.6 is 0 Å². The average molecular weight is 288 g/mol. The third kappa shape index (κ3) is 4.16. The van der Waals surface area contributed by atoms with Crippen molar-refractivity contribution in [2.45, 2.75) is 32.3 Å². The minimum absolute atomic E-state index is 0.0310. The van der Waals surface area contributed by atoms with Gasteiger partial charge in [-0.1, -0.05) is 6.08 Å². The van der Waals surface area contributed by atoms with Crippen molar-refractivity contribution in [3.05, 3.63) is 36.4 Å². The Kier molecular flexibility index (Phi) is 5.11. The smallest absolute Gasteiger partial charge is 0.253 e. The van der Waals surface area contributed by atoms with Gasteiger partial charge in [-0.2, -0.15) is 0 Å². The first-order valence-corrected chi connectivity index (χ1v) is 7.06. The number of aryl methyl sites for hydroxylation is 1. The van der Waals surface area contributed by atoms with E-state index in [0.29, 0.717) is 25.1 Å². The van der Waals surface area contributed by atoms with Crippen LogP contribution in [0.2, 0.25) is 0 Å². The Balaban J connectivity index is 1.95. The number of ether oxygens (including phenoxy) is 1.